The second-order valence-corrected chi connectivity index (χ2v) is 4.97. The first-order chi connectivity index (χ1) is 10.3. The Bertz CT molecular complexity index is 685. The highest BCUT2D eigenvalue weighted by Crippen LogP contribution is 2.18. The molecule has 0 spiro atoms. The van der Waals surface area contributed by atoms with Crippen molar-refractivity contribution >= 4 is 23.4 Å². The number of benzene rings is 2. The van der Waals surface area contributed by atoms with Crippen molar-refractivity contribution in [2.24, 2.45) is 4.99 Å². The fourth-order valence-electron chi connectivity index (χ4n) is 2.28. The molecule has 21 heavy (non-hydrogen) atoms. The van der Waals surface area contributed by atoms with Crippen LogP contribution in [0, 0.1) is 0 Å². The lowest BCUT2D eigenvalue weighted by atomic mass is 10.0. The Labute approximate surface area is 124 Å². The van der Waals surface area contributed by atoms with Gasteiger partial charge in [-0.1, -0.05) is 42.5 Å². The number of amides is 1. The van der Waals surface area contributed by atoms with E-state index in [1.54, 1.807) is 0 Å². The van der Waals surface area contributed by atoms with Crippen LogP contribution in [-0.4, -0.2) is 18.7 Å². The number of aliphatic imine (C=N–C) groups is 1. The number of nitrogens with zero attached hydrogens (tertiary/aromatic N) is 1. The first-order valence-electron chi connectivity index (χ1n) is 6.94. The molecule has 1 N–H and O–H groups in total. The van der Waals surface area contributed by atoms with Crippen LogP contribution in [0.15, 0.2) is 65.7 Å². The molecule has 0 unspecified atom stereocenters. The van der Waals surface area contributed by atoms with E-state index in [0.29, 0.717) is 6.42 Å². The highest BCUT2D eigenvalue weighted by atomic mass is 16.1. The molecule has 0 atom stereocenters. The summed E-state index contributed by atoms with van der Waals surface area (Å²) in [4.78, 5) is 16.2. The molecule has 2 aromatic carbocycles. The van der Waals surface area contributed by atoms with Gasteiger partial charge >= 0.3 is 0 Å². The van der Waals surface area contributed by atoms with Gasteiger partial charge in [-0.2, -0.15) is 0 Å². The van der Waals surface area contributed by atoms with Gasteiger partial charge < -0.3 is 5.32 Å². The van der Waals surface area contributed by atoms with Gasteiger partial charge in [0, 0.05) is 11.9 Å². The largest absolute Gasteiger partial charge is 0.326 e. The van der Waals surface area contributed by atoms with E-state index in [1.165, 1.54) is 11.1 Å². The standard InChI is InChI=1S/C18H16N2O/c21-18(20-17-4-2-1-3-5-17)12-14-6-8-15(9-7-14)16-10-11-19-13-16/h1-11H,12-13H2,(H,20,21). The number of rotatable bonds is 4. The topological polar surface area (TPSA) is 41.5 Å². The fourth-order valence-corrected chi connectivity index (χ4v) is 2.28. The second kappa shape index (κ2) is 6.18. The molecule has 3 heteroatoms. The third kappa shape index (κ3) is 3.45. The maximum atomic E-state index is 12.0. The van der Waals surface area contributed by atoms with Gasteiger partial charge in [-0.25, -0.2) is 0 Å². The monoisotopic (exact) mass is 276 g/mol. The predicted octanol–water partition coefficient (Wildman–Crippen LogP) is 3.34. The van der Waals surface area contributed by atoms with Gasteiger partial charge in [0.1, 0.15) is 0 Å². The number of para-hydroxylation sites is 1. The average Bonchev–Trinajstić information content (AvgIpc) is 3.03. The van der Waals surface area contributed by atoms with Gasteiger partial charge in [-0.3, -0.25) is 9.79 Å². The van der Waals surface area contributed by atoms with Crippen molar-refractivity contribution < 1.29 is 4.79 Å². The zero-order valence-electron chi connectivity index (χ0n) is 11.6. The number of carbonyl (C=O) groups is 1. The lowest BCUT2D eigenvalue weighted by molar-refractivity contribution is -0.115. The summed E-state index contributed by atoms with van der Waals surface area (Å²) in [6.07, 6.45) is 4.23. The molecule has 1 aliphatic heterocycles. The molecule has 0 saturated heterocycles. The van der Waals surface area contributed by atoms with E-state index in [1.807, 2.05) is 66.9 Å². The van der Waals surface area contributed by atoms with Crippen molar-refractivity contribution in [3.8, 4) is 0 Å². The zero-order chi connectivity index (χ0) is 14.5. The molecule has 3 rings (SSSR count). The average molecular weight is 276 g/mol. The summed E-state index contributed by atoms with van der Waals surface area (Å²) in [5, 5.41) is 2.89. The van der Waals surface area contributed by atoms with Crippen molar-refractivity contribution in [1.82, 2.24) is 0 Å². The number of carbonyl (C=O) groups excluding carboxylic acids is 1. The highest BCUT2D eigenvalue weighted by molar-refractivity contribution is 5.92. The predicted molar refractivity (Wildman–Crippen MR) is 86.6 cm³/mol. The van der Waals surface area contributed by atoms with E-state index < -0.39 is 0 Å². The van der Waals surface area contributed by atoms with Gasteiger partial charge in [0.25, 0.3) is 0 Å². The summed E-state index contributed by atoms with van der Waals surface area (Å²) in [6.45, 7) is 0.744. The summed E-state index contributed by atoms with van der Waals surface area (Å²) < 4.78 is 0. The third-order valence-electron chi connectivity index (χ3n) is 3.39. The number of anilines is 1. The van der Waals surface area contributed by atoms with Crippen molar-refractivity contribution in [3.63, 3.8) is 0 Å². The molecule has 0 aliphatic carbocycles. The number of hydrogen-bond acceptors (Lipinski definition) is 2. The second-order valence-electron chi connectivity index (χ2n) is 4.97. The highest BCUT2D eigenvalue weighted by Gasteiger charge is 2.06. The van der Waals surface area contributed by atoms with Gasteiger partial charge in [0.15, 0.2) is 0 Å². The summed E-state index contributed by atoms with van der Waals surface area (Å²) in [7, 11) is 0. The molecule has 2 aromatic rings. The molecule has 1 amide bonds. The van der Waals surface area contributed by atoms with Crippen LogP contribution >= 0.6 is 0 Å². The van der Waals surface area contributed by atoms with Gasteiger partial charge in [0.05, 0.1) is 13.0 Å². The number of allylic oxidation sites excluding steroid dienone is 1. The fraction of sp³-hybridized carbons (Fsp3) is 0.111. The van der Waals surface area contributed by atoms with Crippen molar-refractivity contribution in [2.75, 3.05) is 11.9 Å². The van der Waals surface area contributed by atoms with Crippen LogP contribution in [0.1, 0.15) is 11.1 Å². The van der Waals surface area contributed by atoms with Crippen LogP contribution in [0.4, 0.5) is 5.69 Å². The van der Waals surface area contributed by atoms with Crippen molar-refractivity contribution in [3.05, 3.63) is 71.8 Å². The van der Waals surface area contributed by atoms with Crippen LogP contribution in [0.5, 0.6) is 0 Å². The maximum Gasteiger partial charge on any atom is 0.228 e. The van der Waals surface area contributed by atoms with Crippen molar-refractivity contribution in [2.45, 2.75) is 6.42 Å². The molecule has 3 nitrogen and oxygen atoms in total. The Morgan fingerprint density at radius 3 is 2.48 bits per heavy atom. The van der Waals surface area contributed by atoms with Crippen LogP contribution in [0.25, 0.3) is 5.57 Å². The number of nitrogens with one attached hydrogen (secondary N) is 1. The minimum atomic E-state index is -0.00244. The summed E-state index contributed by atoms with van der Waals surface area (Å²) in [6, 6.07) is 17.6. The van der Waals surface area contributed by atoms with Gasteiger partial charge in [-0.15, -0.1) is 0 Å². The molecule has 0 aromatic heterocycles. The molecular formula is C18H16N2O. The van der Waals surface area contributed by atoms with E-state index in [2.05, 4.69) is 10.3 Å². The van der Waals surface area contributed by atoms with Crippen LogP contribution < -0.4 is 5.32 Å². The molecule has 0 bridgehead atoms. The molecule has 1 aliphatic rings. The Hall–Kier alpha value is -2.68. The molecule has 0 radical (unpaired) electrons. The Morgan fingerprint density at radius 1 is 1.05 bits per heavy atom. The Balaban J connectivity index is 1.61. The van der Waals surface area contributed by atoms with Crippen LogP contribution in [0.2, 0.25) is 0 Å². The Kier molecular flexibility index (Phi) is 3.92. The molecule has 1 heterocycles. The normalized spacial score (nSPS) is 13.0. The van der Waals surface area contributed by atoms with Crippen LogP contribution in [0.3, 0.4) is 0 Å². The first kappa shape index (κ1) is 13.3. The van der Waals surface area contributed by atoms with E-state index in [0.717, 1.165) is 17.8 Å². The molecule has 0 fully saturated rings. The summed E-state index contributed by atoms with van der Waals surface area (Å²) >= 11 is 0. The molecular weight excluding hydrogens is 260 g/mol. The first-order valence-corrected chi connectivity index (χ1v) is 6.94. The summed E-state index contributed by atoms with van der Waals surface area (Å²) in [5.41, 5.74) is 4.22. The SMILES string of the molecule is O=C(Cc1ccc(C2=CC=NC2)cc1)Nc1ccccc1. The van der Waals surface area contributed by atoms with E-state index in [-0.39, 0.29) is 5.91 Å². The van der Waals surface area contributed by atoms with Gasteiger partial charge in [-0.05, 0) is 34.9 Å². The lowest BCUT2D eigenvalue weighted by Crippen LogP contribution is -2.14. The Morgan fingerprint density at radius 2 is 1.81 bits per heavy atom. The molecule has 104 valence electrons. The number of hydrogen-bond donors (Lipinski definition) is 1. The van der Waals surface area contributed by atoms with Crippen LogP contribution in [-0.2, 0) is 11.2 Å². The van der Waals surface area contributed by atoms with Gasteiger partial charge in [0.2, 0.25) is 5.91 Å². The quantitative estimate of drug-likeness (QED) is 0.914. The molecule has 0 saturated carbocycles. The van der Waals surface area contributed by atoms with E-state index in [4.69, 9.17) is 0 Å². The lowest BCUT2D eigenvalue weighted by Gasteiger charge is -2.06. The maximum absolute atomic E-state index is 12.0. The van der Waals surface area contributed by atoms with Crippen molar-refractivity contribution in [1.29, 1.82) is 0 Å². The smallest absolute Gasteiger partial charge is 0.228 e. The minimum Gasteiger partial charge on any atom is -0.326 e. The third-order valence-corrected chi connectivity index (χ3v) is 3.39. The zero-order valence-corrected chi connectivity index (χ0v) is 11.6. The summed E-state index contributed by atoms with van der Waals surface area (Å²) in [5.74, 6) is -0.00244. The van der Waals surface area contributed by atoms with E-state index in [9.17, 15) is 4.79 Å². The minimum absolute atomic E-state index is 0.00244. The van der Waals surface area contributed by atoms with E-state index >= 15 is 0 Å².